The average molecular weight is 543 g/mol. The van der Waals surface area contributed by atoms with Crippen LogP contribution in [0, 0.1) is 0 Å². The molecule has 40 heavy (non-hydrogen) atoms. The van der Waals surface area contributed by atoms with Crippen molar-refractivity contribution in [3.8, 4) is 5.75 Å². The molecule has 0 fully saturated rings. The molecule has 13 nitrogen and oxygen atoms in total. The number of nitrogens with one attached hydrogen (secondary N) is 1. The first-order valence-corrected chi connectivity index (χ1v) is 12.3. The highest BCUT2D eigenvalue weighted by molar-refractivity contribution is 6.01. The summed E-state index contributed by atoms with van der Waals surface area (Å²) in [5.74, 6) is 0.133. The van der Waals surface area contributed by atoms with Gasteiger partial charge in [0.25, 0.3) is 5.91 Å². The van der Waals surface area contributed by atoms with E-state index in [0.29, 0.717) is 41.2 Å². The Labute approximate surface area is 229 Å². The molecule has 2 atom stereocenters. The molecule has 0 saturated carbocycles. The molecule has 4 rings (SSSR count). The van der Waals surface area contributed by atoms with Crippen molar-refractivity contribution >= 4 is 23.2 Å². The number of hydrogen-bond acceptors (Lipinski definition) is 8. The van der Waals surface area contributed by atoms with E-state index >= 15 is 0 Å². The van der Waals surface area contributed by atoms with Crippen LogP contribution in [-0.2, 0) is 20.8 Å². The standard InChI is InChI=1S/C27H26N8O5/c1-38-33-26(37)27(17-19-7-2-4-9-22(19)31-34-28)24(21-8-3-5-10-23(21)32-35-29)40-25(30-27)18-11-13-20(14-12-18)39-16-6-15-36/h2-5,7-14,24,36H,6,15-17H2,1H3,(H,33,37)/t24-,27-/m0/s1. The second-order valence-electron chi connectivity index (χ2n) is 8.67. The molecule has 3 aromatic carbocycles. The zero-order valence-corrected chi connectivity index (χ0v) is 21.5. The van der Waals surface area contributed by atoms with Crippen LogP contribution < -0.4 is 10.2 Å². The monoisotopic (exact) mass is 542 g/mol. The van der Waals surface area contributed by atoms with Crippen LogP contribution in [0.25, 0.3) is 20.9 Å². The summed E-state index contributed by atoms with van der Waals surface area (Å²) in [7, 11) is 1.30. The molecule has 0 aliphatic carbocycles. The smallest absolute Gasteiger partial charge is 0.276 e. The zero-order chi connectivity index (χ0) is 28.4. The number of azide groups is 2. The number of amides is 1. The SMILES string of the molecule is CONC(=O)[C@@]1(Cc2ccccc2N=[N+]=[N-])N=C(c2ccc(OCCCO)cc2)O[C@H]1c1ccccc1N=[N+]=[N-]. The number of carbonyl (C=O) groups excluding carboxylic acids is 1. The van der Waals surface area contributed by atoms with Crippen LogP contribution in [0.5, 0.6) is 5.75 Å². The molecule has 0 aromatic heterocycles. The van der Waals surface area contributed by atoms with Gasteiger partial charge in [0, 0.05) is 51.8 Å². The lowest BCUT2D eigenvalue weighted by atomic mass is 9.81. The van der Waals surface area contributed by atoms with Gasteiger partial charge in [-0.1, -0.05) is 58.8 Å². The van der Waals surface area contributed by atoms with Crippen molar-refractivity contribution in [2.24, 2.45) is 15.2 Å². The lowest BCUT2D eigenvalue weighted by Crippen LogP contribution is -2.49. The Bertz CT molecular complexity index is 1480. The van der Waals surface area contributed by atoms with Gasteiger partial charge in [0.15, 0.2) is 11.6 Å². The van der Waals surface area contributed by atoms with Crippen molar-refractivity contribution in [1.29, 1.82) is 0 Å². The van der Waals surface area contributed by atoms with Crippen LogP contribution in [0.1, 0.15) is 29.2 Å². The summed E-state index contributed by atoms with van der Waals surface area (Å²) < 4.78 is 12.0. The first kappa shape index (κ1) is 28.0. The van der Waals surface area contributed by atoms with Gasteiger partial charge in [-0.3, -0.25) is 9.63 Å². The van der Waals surface area contributed by atoms with Crippen molar-refractivity contribution in [3.63, 3.8) is 0 Å². The summed E-state index contributed by atoms with van der Waals surface area (Å²) in [5.41, 5.74) is 21.1. The second kappa shape index (κ2) is 13.1. The lowest BCUT2D eigenvalue weighted by molar-refractivity contribution is -0.139. The molecule has 0 radical (unpaired) electrons. The molecular formula is C27H26N8O5. The van der Waals surface area contributed by atoms with Gasteiger partial charge in [-0.2, -0.15) is 0 Å². The molecule has 0 unspecified atom stereocenters. The number of aliphatic imine (C=N–C) groups is 1. The van der Waals surface area contributed by atoms with Crippen molar-refractivity contribution in [2.45, 2.75) is 24.5 Å². The Hall–Kier alpha value is -5.06. The Balaban J connectivity index is 1.87. The predicted molar refractivity (Wildman–Crippen MR) is 146 cm³/mol. The largest absolute Gasteiger partial charge is 0.494 e. The van der Waals surface area contributed by atoms with Crippen LogP contribution in [-0.4, -0.2) is 42.8 Å². The number of rotatable bonds is 12. The first-order chi connectivity index (χ1) is 19.6. The minimum absolute atomic E-state index is 0.0237. The molecule has 1 aliphatic rings. The van der Waals surface area contributed by atoms with Gasteiger partial charge >= 0.3 is 0 Å². The van der Waals surface area contributed by atoms with Gasteiger partial charge in [0.1, 0.15) is 5.75 Å². The second-order valence-corrected chi connectivity index (χ2v) is 8.67. The lowest BCUT2D eigenvalue weighted by Gasteiger charge is -2.31. The third kappa shape index (κ3) is 5.98. The van der Waals surface area contributed by atoms with E-state index in [1.165, 1.54) is 7.11 Å². The third-order valence-corrected chi connectivity index (χ3v) is 6.20. The number of ether oxygens (including phenoxy) is 2. The fourth-order valence-electron chi connectivity index (χ4n) is 4.39. The van der Waals surface area contributed by atoms with E-state index in [9.17, 15) is 10.3 Å². The molecule has 3 aromatic rings. The van der Waals surface area contributed by atoms with Crippen LogP contribution in [0.2, 0.25) is 0 Å². The Morgan fingerprint density at radius 1 is 1.05 bits per heavy atom. The van der Waals surface area contributed by atoms with E-state index in [2.05, 4.69) is 25.5 Å². The van der Waals surface area contributed by atoms with Crippen LogP contribution in [0.3, 0.4) is 0 Å². The molecule has 0 spiro atoms. The highest BCUT2D eigenvalue weighted by atomic mass is 16.6. The van der Waals surface area contributed by atoms with Crippen molar-refractivity contribution in [1.82, 2.24) is 5.48 Å². The van der Waals surface area contributed by atoms with E-state index in [1.54, 1.807) is 72.8 Å². The van der Waals surface area contributed by atoms with Gasteiger partial charge in [0.05, 0.1) is 13.7 Å². The summed E-state index contributed by atoms with van der Waals surface area (Å²) >= 11 is 0. The molecule has 1 aliphatic heterocycles. The minimum Gasteiger partial charge on any atom is -0.494 e. The van der Waals surface area contributed by atoms with Crippen LogP contribution in [0.15, 0.2) is 88.0 Å². The third-order valence-electron chi connectivity index (χ3n) is 6.20. The maximum atomic E-state index is 13.8. The minimum atomic E-state index is -1.66. The summed E-state index contributed by atoms with van der Waals surface area (Å²) in [4.78, 5) is 29.5. The van der Waals surface area contributed by atoms with Crippen molar-refractivity contribution in [3.05, 3.63) is 110 Å². The number of nitrogens with zero attached hydrogens (tertiary/aromatic N) is 7. The van der Waals surface area contributed by atoms with E-state index in [-0.39, 0.29) is 24.6 Å². The molecule has 1 amide bonds. The molecular weight excluding hydrogens is 516 g/mol. The number of benzene rings is 3. The quantitative estimate of drug-likeness (QED) is 0.100. The average Bonchev–Trinajstić information content (AvgIpc) is 3.36. The number of hydrogen-bond donors (Lipinski definition) is 2. The van der Waals surface area contributed by atoms with Crippen molar-refractivity contribution < 1.29 is 24.2 Å². The molecule has 0 saturated heterocycles. The van der Waals surface area contributed by atoms with E-state index < -0.39 is 17.6 Å². The fraction of sp³-hybridized carbons (Fsp3) is 0.259. The first-order valence-electron chi connectivity index (χ1n) is 12.3. The molecule has 0 bridgehead atoms. The highest BCUT2D eigenvalue weighted by Gasteiger charge is 2.54. The Kier molecular flexibility index (Phi) is 9.19. The predicted octanol–water partition coefficient (Wildman–Crippen LogP) is 5.51. The Morgan fingerprint density at radius 2 is 1.73 bits per heavy atom. The number of carbonyl (C=O) groups is 1. The fourth-order valence-corrected chi connectivity index (χ4v) is 4.39. The zero-order valence-electron chi connectivity index (χ0n) is 21.5. The summed E-state index contributed by atoms with van der Waals surface area (Å²) in [6, 6.07) is 20.5. The normalized spacial score (nSPS) is 17.6. The maximum absolute atomic E-state index is 13.8. The van der Waals surface area contributed by atoms with Gasteiger partial charge < -0.3 is 14.6 Å². The van der Waals surface area contributed by atoms with Crippen LogP contribution >= 0.6 is 0 Å². The van der Waals surface area contributed by atoms with E-state index in [1.807, 2.05) is 0 Å². The number of aliphatic hydroxyl groups is 1. The molecule has 204 valence electrons. The summed E-state index contributed by atoms with van der Waals surface area (Å²) in [5, 5.41) is 16.6. The molecule has 13 heteroatoms. The summed E-state index contributed by atoms with van der Waals surface area (Å²) in [6.07, 6.45) is -0.601. The van der Waals surface area contributed by atoms with Gasteiger partial charge in [-0.05, 0) is 40.9 Å². The van der Waals surface area contributed by atoms with E-state index in [0.717, 1.165) is 0 Å². The van der Waals surface area contributed by atoms with Crippen molar-refractivity contribution in [2.75, 3.05) is 20.3 Å². The van der Waals surface area contributed by atoms with Gasteiger partial charge in [-0.15, -0.1) is 0 Å². The maximum Gasteiger partial charge on any atom is 0.276 e. The molecule has 2 N–H and O–H groups in total. The van der Waals surface area contributed by atoms with Gasteiger partial charge in [-0.25, -0.2) is 10.5 Å². The number of hydroxylamine groups is 1. The molecule has 1 heterocycles. The highest BCUT2D eigenvalue weighted by Crippen LogP contribution is 2.46. The summed E-state index contributed by atoms with van der Waals surface area (Å²) in [6.45, 7) is 0.381. The Morgan fingerprint density at radius 3 is 2.42 bits per heavy atom. The number of aliphatic hydroxyl groups excluding tert-OH is 1. The topological polar surface area (TPSA) is 187 Å². The van der Waals surface area contributed by atoms with E-state index in [4.69, 9.17) is 29.9 Å². The van der Waals surface area contributed by atoms with Gasteiger partial charge in [0.2, 0.25) is 5.90 Å². The van der Waals surface area contributed by atoms with Crippen LogP contribution in [0.4, 0.5) is 11.4 Å².